The molecule has 1 aromatic rings. The van der Waals surface area contributed by atoms with Crippen LogP contribution in [0.15, 0.2) is 11.1 Å². The topological polar surface area (TPSA) is 83.8 Å². The lowest BCUT2D eigenvalue weighted by atomic mass is 10.1. The molecule has 1 aromatic heterocycles. The number of thioether (sulfide) groups is 1. The van der Waals surface area contributed by atoms with Crippen molar-refractivity contribution in [3.05, 3.63) is 16.7 Å². The quantitative estimate of drug-likeness (QED) is 0.757. The number of rotatable bonds is 4. The zero-order chi connectivity index (χ0) is 12.3. The maximum Gasteiger partial charge on any atom is 0.276 e. The molecule has 0 amide bonds. The number of aromatic nitrogens is 2. The Balaban J connectivity index is 2.06. The van der Waals surface area contributed by atoms with Crippen LogP contribution >= 0.6 is 11.8 Å². The minimum absolute atomic E-state index is 0.168. The maximum atomic E-state index is 11.3. The molecular weight excluding hydrogens is 236 g/mol. The number of H-pyrrole nitrogens is 1. The van der Waals surface area contributed by atoms with Gasteiger partial charge in [-0.2, -0.15) is 11.8 Å². The fourth-order valence-electron chi connectivity index (χ4n) is 2.27. The number of aromatic amines is 1. The van der Waals surface area contributed by atoms with E-state index in [2.05, 4.69) is 21.5 Å². The summed E-state index contributed by atoms with van der Waals surface area (Å²) in [5, 5.41) is 3.21. The number of nitrogens with two attached hydrogens (primary N) is 1. The number of nitrogens with zero attached hydrogens (tertiary/aromatic N) is 1. The minimum atomic E-state index is -0.285. The van der Waals surface area contributed by atoms with Crippen LogP contribution in [-0.4, -0.2) is 27.5 Å². The smallest absolute Gasteiger partial charge is 0.276 e. The van der Waals surface area contributed by atoms with E-state index in [0.29, 0.717) is 5.82 Å². The molecular formula is C11H18N4OS. The average molecular weight is 254 g/mol. The number of anilines is 2. The molecule has 5 nitrogen and oxygen atoms in total. The van der Waals surface area contributed by atoms with E-state index < -0.39 is 0 Å². The first-order valence-corrected chi connectivity index (χ1v) is 7.01. The fraction of sp³-hybridized carbons (Fsp3) is 0.636. The molecule has 17 heavy (non-hydrogen) atoms. The molecule has 4 N–H and O–H groups in total. The standard InChI is InChI=1S/C11H18N4OS/c1-17-11(4-2-3-5-11)6-13-9-8(12)10(16)15-7-14-9/h7H,2-6,12H2,1H3,(H2,13,14,15,16). The minimum Gasteiger partial charge on any atom is -0.391 e. The van der Waals surface area contributed by atoms with Gasteiger partial charge in [0.05, 0.1) is 6.33 Å². The zero-order valence-corrected chi connectivity index (χ0v) is 10.8. The van der Waals surface area contributed by atoms with Gasteiger partial charge in [-0.15, -0.1) is 0 Å². The summed E-state index contributed by atoms with van der Waals surface area (Å²) in [7, 11) is 0. The van der Waals surface area contributed by atoms with Gasteiger partial charge in [0.1, 0.15) is 5.69 Å². The van der Waals surface area contributed by atoms with Gasteiger partial charge in [0.2, 0.25) is 0 Å². The molecule has 2 rings (SSSR count). The molecule has 0 unspecified atom stereocenters. The Morgan fingerprint density at radius 1 is 1.59 bits per heavy atom. The molecule has 1 aliphatic carbocycles. The normalized spacial score (nSPS) is 18.2. The monoisotopic (exact) mass is 254 g/mol. The molecule has 0 radical (unpaired) electrons. The number of nitrogens with one attached hydrogen (secondary N) is 2. The Morgan fingerprint density at radius 2 is 2.29 bits per heavy atom. The van der Waals surface area contributed by atoms with E-state index in [9.17, 15) is 4.79 Å². The zero-order valence-electron chi connectivity index (χ0n) is 9.95. The second-order valence-electron chi connectivity index (χ2n) is 4.44. The van der Waals surface area contributed by atoms with Crippen molar-refractivity contribution in [1.29, 1.82) is 0 Å². The fourth-order valence-corrected chi connectivity index (χ4v) is 3.18. The molecule has 1 fully saturated rings. The molecule has 0 aromatic carbocycles. The van der Waals surface area contributed by atoms with E-state index in [-0.39, 0.29) is 16.0 Å². The van der Waals surface area contributed by atoms with E-state index in [1.165, 1.54) is 32.0 Å². The second-order valence-corrected chi connectivity index (χ2v) is 5.72. The Kier molecular flexibility index (Phi) is 3.61. The number of hydrogen-bond acceptors (Lipinski definition) is 5. The van der Waals surface area contributed by atoms with Crippen LogP contribution in [0.25, 0.3) is 0 Å². The van der Waals surface area contributed by atoms with Crippen LogP contribution in [-0.2, 0) is 0 Å². The third-order valence-electron chi connectivity index (χ3n) is 3.41. The van der Waals surface area contributed by atoms with Gasteiger partial charge in [-0.3, -0.25) is 4.79 Å². The van der Waals surface area contributed by atoms with Gasteiger partial charge in [0.15, 0.2) is 5.82 Å². The van der Waals surface area contributed by atoms with Crippen molar-refractivity contribution in [2.24, 2.45) is 0 Å². The molecule has 1 heterocycles. The summed E-state index contributed by atoms with van der Waals surface area (Å²) in [5.74, 6) is 0.495. The highest BCUT2D eigenvalue weighted by Crippen LogP contribution is 2.40. The summed E-state index contributed by atoms with van der Waals surface area (Å²) in [6, 6.07) is 0. The summed E-state index contributed by atoms with van der Waals surface area (Å²) in [6.07, 6.45) is 8.50. The van der Waals surface area contributed by atoms with E-state index >= 15 is 0 Å². The molecule has 1 saturated carbocycles. The van der Waals surface area contributed by atoms with Crippen LogP contribution in [0.2, 0.25) is 0 Å². The lowest BCUT2D eigenvalue weighted by Gasteiger charge is -2.27. The molecule has 94 valence electrons. The highest BCUT2D eigenvalue weighted by Gasteiger charge is 2.32. The third-order valence-corrected chi connectivity index (χ3v) is 4.83. The Labute approximate surface area is 105 Å². The van der Waals surface area contributed by atoms with Crippen LogP contribution in [0.4, 0.5) is 11.5 Å². The molecule has 0 saturated heterocycles. The molecule has 1 aliphatic rings. The average Bonchev–Trinajstić information content (AvgIpc) is 2.81. The van der Waals surface area contributed by atoms with Crippen molar-refractivity contribution in [3.8, 4) is 0 Å². The summed E-state index contributed by atoms with van der Waals surface area (Å²) < 4.78 is 0.275. The Morgan fingerprint density at radius 3 is 2.94 bits per heavy atom. The first-order chi connectivity index (χ1) is 8.17. The van der Waals surface area contributed by atoms with E-state index in [1.54, 1.807) is 0 Å². The Hall–Kier alpha value is -1.17. The predicted molar refractivity (Wildman–Crippen MR) is 72.5 cm³/mol. The van der Waals surface area contributed by atoms with Gasteiger partial charge >= 0.3 is 0 Å². The van der Waals surface area contributed by atoms with Crippen molar-refractivity contribution in [2.75, 3.05) is 23.9 Å². The van der Waals surface area contributed by atoms with Gasteiger partial charge in [-0.25, -0.2) is 4.98 Å². The molecule has 0 bridgehead atoms. The van der Waals surface area contributed by atoms with Crippen LogP contribution < -0.4 is 16.6 Å². The van der Waals surface area contributed by atoms with Crippen molar-refractivity contribution in [2.45, 2.75) is 30.4 Å². The van der Waals surface area contributed by atoms with Crippen molar-refractivity contribution in [3.63, 3.8) is 0 Å². The summed E-state index contributed by atoms with van der Waals surface area (Å²) in [5.41, 5.74) is 5.56. The predicted octanol–water partition coefficient (Wildman–Crippen LogP) is 1.44. The van der Waals surface area contributed by atoms with Gasteiger partial charge < -0.3 is 16.0 Å². The highest BCUT2D eigenvalue weighted by atomic mass is 32.2. The summed E-state index contributed by atoms with van der Waals surface area (Å²) >= 11 is 1.89. The van der Waals surface area contributed by atoms with Crippen LogP contribution in [0, 0.1) is 0 Å². The van der Waals surface area contributed by atoms with Crippen molar-refractivity contribution in [1.82, 2.24) is 9.97 Å². The number of nitrogen functional groups attached to an aromatic ring is 1. The van der Waals surface area contributed by atoms with Gasteiger partial charge in [0.25, 0.3) is 5.56 Å². The maximum absolute atomic E-state index is 11.3. The van der Waals surface area contributed by atoms with Crippen molar-refractivity contribution < 1.29 is 0 Å². The van der Waals surface area contributed by atoms with Crippen LogP contribution in [0.3, 0.4) is 0 Å². The van der Waals surface area contributed by atoms with E-state index in [1.807, 2.05) is 11.8 Å². The third kappa shape index (κ3) is 2.57. The van der Waals surface area contributed by atoms with Crippen LogP contribution in [0.5, 0.6) is 0 Å². The lowest BCUT2D eigenvalue weighted by molar-refractivity contribution is 0.638. The largest absolute Gasteiger partial charge is 0.391 e. The first-order valence-electron chi connectivity index (χ1n) is 5.79. The summed E-state index contributed by atoms with van der Waals surface area (Å²) in [6.45, 7) is 0.814. The first kappa shape index (κ1) is 12.3. The molecule has 6 heteroatoms. The summed E-state index contributed by atoms with van der Waals surface area (Å²) in [4.78, 5) is 17.8. The van der Waals surface area contributed by atoms with Crippen molar-refractivity contribution >= 4 is 23.3 Å². The van der Waals surface area contributed by atoms with Gasteiger partial charge in [0, 0.05) is 11.3 Å². The van der Waals surface area contributed by atoms with Gasteiger partial charge in [-0.1, -0.05) is 12.8 Å². The highest BCUT2D eigenvalue weighted by molar-refractivity contribution is 8.00. The molecule has 0 atom stereocenters. The van der Waals surface area contributed by atoms with Gasteiger partial charge in [-0.05, 0) is 19.1 Å². The van der Waals surface area contributed by atoms with E-state index in [4.69, 9.17) is 5.73 Å². The second kappa shape index (κ2) is 5.00. The molecule has 0 spiro atoms. The Bertz CT molecular complexity index is 439. The lowest BCUT2D eigenvalue weighted by Crippen LogP contribution is -2.31. The SMILES string of the molecule is CSC1(CNc2nc[nH]c(=O)c2N)CCCC1. The van der Waals surface area contributed by atoms with E-state index in [0.717, 1.165) is 6.54 Å². The molecule has 0 aliphatic heterocycles. The number of hydrogen-bond donors (Lipinski definition) is 3. The van der Waals surface area contributed by atoms with Crippen LogP contribution in [0.1, 0.15) is 25.7 Å².